The third kappa shape index (κ3) is 3.98. The van der Waals surface area contributed by atoms with Crippen molar-refractivity contribution in [2.75, 3.05) is 20.1 Å². The van der Waals surface area contributed by atoms with Crippen LogP contribution in [0.4, 0.5) is 0 Å². The molecule has 0 radical (unpaired) electrons. The van der Waals surface area contributed by atoms with Gasteiger partial charge < -0.3 is 16.0 Å². The monoisotopic (exact) mass is 255 g/mol. The summed E-state index contributed by atoms with van der Waals surface area (Å²) in [7, 11) is 1.65. The average molecular weight is 255 g/mol. The molecule has 0 aliphatic carbocycles. The van der Waals surface area contributed by atoms with E-state index in [4.69, 9.17) is 5.73 Å². The highest BCUT2D eigenvalue weighted by Crippen LogP contribution is 2.18. The number of carbonyl (C=O) groups is 2. The lowest BCUT2D eigenvalue weighted by molar-refractivity contribution is -0.135. The molecule has 1 aliphatic rings. The van der Waals surface area contributed by atoms with Gasteiger partial charge in [0.15, 0.2) is 0 Å². The zero-order chi connectivity index (χ0) is 13.7. The number of hydrogen-bond donors (Lipinski definition) is 2. The van der Waals surface area contributed by atoms with Crippen LogP contribution in [0.25, 0.3) is 0 Å². The Morgan fingerprint density at radius 1 is 1.33 bits per heavy atom. The Morgan fingerprint density at radius 2 is 1.89 bits per heavy atom. The first-order chi connectivity index (χ1) is 8.45. The second kappa shape index (κ2) is 6.73. The summed E-state index contributed by atoms with van der Waals surface area (Å²) in [4.78, 5) is 25.3. The quantitative estimate of drug-likeness (QED) is 0.761. The number of carbonyl (C=O) groups excluding carboxylic acids is 2. The largest absolute Gasteiger partial charge is 0.359 e. The van der Waals surface area contributed by atoms with Crippen molar-refractivity contribution in [3.05, 3.63) is 0 Å². The second-order valence-corrected chi connectivity index (χ2v) is 5.38. The number of nitrogens with zero attached hydrogens (tertiary/aromatic N) is 1. The SMILES string of the molecule is CNC(=O)C1CCN(C(=O)CC(N)C(C)C)CC1. The first-order valence-corrected chi connectivity index (χ1v) is 6.70. The molecule has 104 valence electrons. The molecule has 5 heteroatoms. The highest BCUT2D eigenvalue weighted by atomic mass is 16.2. The molecule has 0 aromatic carbocycles. The van der Waals surface area contributed by atoms with E-state index >= 15 is 0 Å². The van der Waals surface area contributed by atoms with Crippen molar-refractivity contribution in [1.82, 2.24) is 10.2 Å². The van der Waals surface area contributed by atoms with Crippen LogP contribution in [0.15, 0.2) is 0 Å². The summed E-state index contributed by atoms with van der Waals surface area (Å²) in [5, 5.41) is 2.66. The third-order valence-electron chi connectivity index (χ3n) is 3.73. The predicted octanol–water partition coefficient (Wildman–Crippen LogP) is 0.344. The summed E-state index contributed by atoms with van der Waals surface area (Å²) in [5.74, 6) is 0.572. The maximum absolute atomic E-state index is 12.0. The van der Waals surface area contributed by atoms with Gasteiger partial charge in [-0.05, 0) is 18.8 Å². The van der Waals surface area contributed by atoms with Gasteiger partial charge in [-0.15, -0.1) is 0 Å². The van der Waals surface area contributed by atoms with Crippen molar-refractivity contribution >= 4 is 11.8 Å². The Labute approximate surface area is 109 Å². The van der Waals surface area contributed by atoms with E-state index in [1.165, 1.54) is 0 Å². The van der Waals surface area contributed by atoms with Crippen LogP contribution in [0.3, 0.4) is 0 Å². The van der Waals surface area contributed by atoms with E-state index in [0.717, 1.165) is 12.8 Å². The molecule has 1 unspecified atom stereocenters. The topological polar surface area (TPSA) is 75.4 Å². The van der Waals surface area contributed by atoms with Crippen LogP contribution in [0.1, 0.15) is 33.1 Å². The molecule has 1 atom stereocenters. The van der Waals surface area contributed by atoms with Gasteiger partial charge in [0.1, 0.15) is 0 Å². The molecule has 0 aromatic rings. The molecule has 2 amide bonds. The standard InChI is InChI=1S/C13H25N3O2/c1-9(2)11(14)8-12(17)16-6-4-10(5-7-16)13(18)15-3/h9-11H,4-8,14H2,1-3H3,(H,15,18). The molecular formula is C13H25N3O2. The van der Waals surface area contributed by atoms with Gasteiger partial charge in [-0.2, -0.15) is 0 Å². The highest BCUT2D eigenvalue weighted by Gasteiger charge is 2.27. The number of hydrogen-bond acceptors (Lipinski definition) is 3. The fraction of sp³-hybridized carbons (Fsp3) is 0.846. The van der Waals surface area contributed by atoms with Gasteiger partial charge in [0.2, 0.25) is 11.8 Å². The lowest BCUT2D eigenvalue weighted by atomic mass is 9.95. The Hall–Kier alpha value is -1.10. The molecule has 1 saturated heterocycles. The van der Waals surface area contributed by atoms with Crippen molar-refractivity contribution in [2.24, 2.45) is 17.6 Å². The summed E-state index contributed by atoms with van der Waals surface area (Å²) in [6.07, 6.45) is 1.91. The molecule has 0 spiro atoms. The van der Waals surface area contributed by atoms with Crippen LogP contribution in [-0.4, -0.2) is 42.9 Å². The first kappa shape index (κ1) is 15.0. The van der Waals surface area contributed by atoms with E-state index in [-0.39, 0.29) is 23.8 Å². The summed E-state index contributed by atoms with van der Waals surface area (Å²) >= 11 is 0. The number of nitrogens with two attached hydrogens (primary N) is 1. The molecule has 18 heavy (non-hydrogen) atoms. The lowest BCUT2D eigenvalue weighted by Gasteiger charge is -2.32. The molecule has 5 nitrogen and oxygen atoms in total. The Bertz CT molecular complexity index is 297. The van der Waals surface area contributed by atoms with Gasteiger partial charge in [-0.25, -0.2) is 0 Å². The van der Waals surface area contributed by atoms with Gasteiger partial charge in [-0.3, -0.25) is 9.59 Å². The molecule has 1 aliphatic heterocycles. The normalized spacial score (nSPS) is 18.8. The minimum Gasteiger partial charge on any atom is -0.359 e. The van der Waals surface area contributed by atoms with Crippen molar-refractivity contribution in [2.45, 2.75) is 39.2 Å². The highest BCUT2D eigenvalue weighted by molar-refractivity contribution is 5.80. The summed E-state index contributed by atoms with van der Waals surface area (Å²) in [6, 6.07) is -0.0748. The zero-order valence-corrected chi connectivity index (χ0v) is 11.6. The Balaban J connectivity index is 2.38. The number of amides is 2. The minimum absolute atomic E-state index is 0.0535. The number of nitrogens with one attached hydrogen (secondary N) is 1. The second-order valence-electron chi connectivity index (χ2n) is 5.38. The van der Waals surface area contributed by atoms with E-state index in [9.17, 15) is 9.59 Å². The van der Waals surface area contributed by atoms with Crippen LogP contribution in [0.5, 0.6) is 0 Å². The van der Waals surface area contributed by atoms with Crippen LogP contribution in [-0.2, 0) is 9.59 Å². The molecule has 3 N–H and O–H groups in total. The van der Waals surface area contributed by atoms with E-state index < -0.39 is 0 Å². The van der Waals surface area contributed by atoms with Gasteiger partial charge in [0.05, 0.1) is 0 Å². The van der Waals surface area contributed by atoms with Gasteiger partial charge >= 0.3 is 0 Å². The molecule has 0 aromatic heterocycles. The fourth-order valence-electron chi connectivity index (χ4n) is 2.16. The third-order valence-corrected chi connectivity index (χ3v) is 3.73. The first-order valence-electron chi connectivity index (χ1n) is 6.70. The predicted molar refractivity (Wildman–Crippen MR) is 70.8 cm³/mol. The summed E-state index contributed by atoms with van der Waals surface area (Å²) < 4.78 is 0. The van der Waals surface area contributed by atoms with Crippen molar-refractivity contribution < 1.29 is 9.59 Å². The molecule has 1 rings (SSSR count). The minimum atomic E-state index is -0.0748. The molecule has 1 fully saturated rings. The van der Waals surface area contributed by atoms with Gasteiger partial charge in [-0.1, -0.05) is 13.8 Å². The Morgan fingerprint density at radius 3 is 2.33 bits per heavy atom. The van der Waals surface area contributed by atoms with E-state index in [1.54, 1.807) is 7.05 Å². The molecular weight excluding hydrogens is 230 g/mol. The van der Waals surface area contributed by atoms with E-state index in [0.29, 0.717) is 25.4 Å². The average Bonchev–Trinajstić information content (AvgIpc) is 2.37. The van der Waals surface area contributed by atoms with Gasteiger partial charge in [0.25, 0.3) is 0 Å². The molecule has 1 heterocycles. The van der Waals surface area contributed by atoms with Crippen LogP contribution >= 0.6 is 0 Å². The van der Waals surface area contributed by atoms with E-state index in [2.05, 4.69) is 5.32 Å². The number of piperidine rings is 1. The lowest BCUT2D eigenvalue weighted by Crippen LogP contribution is -2.44. The van der Waals surface area contributed by atoms with E-state index in [1.807, 2.05) is 18.7 Å². The van der Waals surface area contributed by atoms with Gasteiger partial charge in [0, 0.05) is 38.5 Å². The summed E-state index contributed by atoms with van der Waals surface area (Å²) in [6.45, 7) is 5.38. The molecule has 0 saturated carbocycles. The Kier molecular flexibility index (Phi) is 5.59. The van der Waals surface area contributed by atoms with Crippen LogP contribution < -0.4 is 11.1 Å². The van der Waals surface area contributed by atoms with Crippen LogP contribution in [0.2, 0.25) is 0 Å². The number of likely N-dealkylation sites (tertiary alicyclic amines) is 1. The zero-order valence-electron chi connectivity index (χ0n) is 11.6. The van der Waals surface area contributed by atoms with Crippen molar-refractivity contribution in [3.8, 4) is 0 Å². The van der Waals surface area contributed by atoms with Crippen molar-refractivity contribution in [1.29, 1.82) is 0 Å². The maximum atomic E-state index is 12.0. The summed E-state index contributed by atoms with van der Waals surface area (Å²) in [5.41, 5.74) is 5.91. The number of rotatable bonds is 4. The fourth-order valence-corrected chi connectivity index (χ4v) is 2.16. The van der Waals surface area contributed by atoms with Crippen LogP contribution in [0, 0.1) is 11.8 Å². The van der Waals surface area contributed by atoms with Crippen molar-refractivity contribution in [3.63, 3.8) is 0 Å². The maximum Gasteiger partial charge on any atom is 0.224 e. The molecule has 0 bridgehead atoms. The smallest absolute Gasteiger partial charge is 0.224 e.